The van der Waals surface area contributed by atoms with E-state index >= 15 is 0 Å². The van der Waals surface area contributed by atoms with Gasteiger partial charge in [-0.05, 0) is 24.5 Å². The third-order valence-corrected chi connectivity index (χ3v) is 2.65. The van der Waals surface area contributed by atoms with E-state index in [1.54, 1.807) is 12.3 Å². The van der Waals surface area contributed by atoms with Crippen LogP contribution in [0.1, 0.15) is 27.2 Å². The number of esters is 1. The van der Waals surface area contributed by atoms with Crippen LogP contribution in [0.4, 0.5) is 5.82 Å². The quantitative estimate of drug-likeness (QED) is 0.768. The number of methoxy groups -OCH3 is 1. The van der Waals surface area contributed by atoms with Crippen molar-refractivity contribution >= 4 is 11.8 Å². The van der Waals surface area contributed by atoms with E-state index in [0.29, 0.717) is 18.2 Å². The Kier molecular flexibility index (Phi) is 6.12. The minimum atomic E-state index is -0.441. The first-order valence-electron chi connectivity index (χ1n) is 6.52. The maximum atomic E-state index is 11.7. The summed E-state index contributed by atoms with van der Waals surface area (Å²) in [7, 11) is 1.38. The molecule has 0 fully saturated rings. The number of carbonyl (C=O) groups is 1. The van der Waals surface area contributed by atoms with E-state index in [9.17, 15) is 4.79 Å². The van der Waals surface area contributed by atoms with Gasteiger partial charge in [0.1, 0.15) is 6.04 Å². The van der Waals surface area contributed by atoms with Gasteiger partial charge in [-0.1, -0.05) is 20.8 Å². The first-order valence-corrected chi connectivity index (χ1v) is 6.52. The zero-order valence-corrected chi connectivity index (χ0v) is 12.0. The predicted molar refractivity (Wildman–Crippen MR) is 74.3 cm³/mol. The van der Waals surface area contributed by atoms with Crippen LogP contribution in [-0.2, 0) is 9.53 Å². The molecule has 5 heteroatoms. The number of ether oxygens (including phenoxy) is 2. The number of nitrogens with zero attached hydrogens (tertiary/aromatic N) is 1. The lowest BCUT2D eigenvalue weighted by molar-refractivity contribution is -0.142. The van der Waals surface area contributed by atoms with Gasteiger partial charge < -0.3 is 14.8 Å². The van der Waals surface area contributed by atoms with E-state index in [-0.39, 0.29) is 11.9 Å². The summed E-state index contributed by atoms with van der Waals surface area (Å²) >= 11 is 0. The molecule has 0 amide bonds. The predicted octanol–water partition coefficient (Wildman–Crippen LogP) is 2.48. The van der Waals surface area contributed by atoms with Crippen molar-refractivity contribution < 1.29 is 14.3 Å². The molecule has 1 N–H and O–H groups in total. The van der Waals surface area contributed by atoms with Crippen LogP contribution in [0.15, 0.2) is 18.3 Å². The Morgan fingerprint density at radius 2 is 2.21 bits per heavy atom. The molecule has 1 unspecified atom stereocenters. The van der Waals surface area contributed by atoms with Crippen molar-refractivity contribution in [2.24, 2.45) is 5.92 Å². The van der Waals surface area contributed by atoms with Crippen molar-refractivity contribution in [3.05, 3.63) is 18.3 Å². The number of hydrogen-bond donors (Lipinski definition) is 1. The second kappa shape index (κ2) is 7.61. The highest BCUT2D eigenvalue weighted by atomic mass is 16.5. The summed E-state index contributed by atoms with van der Waals surface area (Å²) in [6.07, 6.45) is 2.58. The van der Waals surface area contributed by atoms with Gasteiger partial charge in [0.15, 0.2) is 11.6 Å². The fourth-order valence-electron chi connectivity index (χ4n) is 1.60. The molecule has 0 radical (unpaired) electrons. The number of anilines is 1. The number of carbonyl (C=O) groups excluding carboxylic acids is 1. The lowest BCUT2D eigenvalue weighted by Crippen LogP contribution is -2.35. The molecule has 19 heavy (non-hydrogen) atoms. The highest BCUT2D eigenvalue weighted by Crippen LogP contribution is 2.23. The second-order valence-corrected chi connectivity index (χ2v) is 4.59. The molecule has 1 atom stereocenters. The summed E-state index contributed by atoms with van der Waals surface area (Å²) in [4.78, 5) is 16.0. The van der Waals surface area contributed by atoms with Gasteiger partial charge in [0.2, 0.25) is 0 Å². The van der Waals surface area contributed by atoms with Crippen molar-refractivity contribution in [2.45, 2.75) is 33.2 Å². The fourth-order valence-corrected chi connectivity index (χ4v) is 1.60. The maximum Gasteiger partial charge on any atom is 0.328 e. The van der Waals surface area contributed by atoms with E-state index in [1.165, 1.54) is 7.11 Å². The standard InChI is InChI=1S/C14H22N2O3/c1-5-9-19-11-7-6-8-15-13(11)16-12(10(2)3)14(17)18-4/h6-8,10,12H,5,9H2,1-4H3,(H,15,16). The molecule has 0 spiro atoms. The third-order valence-electron chi connectivity index (χ3n) is 2.65. The summed E-state index contributed by atoms with van der Waals surface area (Å²) in [6.45, 7) is 6.55. The summed E-state index contributed by atoms with van der Waals surface area (Å²) in [6, 6.07) is 3.20. The average Bonchev–Trinajstić information content (AvgIpc) is 2.42. The molecular formula is C14H22N2O3. The molecule has 0 aliphatic carbocycles. The molecule has 0 aliphatic heterocycles. The highest BCUT2D eigenvalue weighted by molar-refractivity contribution is 5.79. The Morgan fingerprint density at radius 1 is 1.47 bits per heavy atom. The van der Waals surface area contributed by atoms with Crippen molar-refractivity contribution in [3.8, 4) is 5.75 Å². The van der Waals surface area contributed by atoms with Crippen molar-refractivity contribution in [1.82, 2.24) is 4.98 Å². The van der Waals surface area contributed by atoms with Crippen LogP contribution in [0.2, 0.25) is 0 Å². The number of rotatable bonds is 7. The molecule has 1 rings (SSSR count). The molecular weight excluding hydrogens is 244 g/mol. The Labute approximate surface area is 114 Å². The third kappa shape index (κ3) is 4.43. The molecule has 0 saturated carbocycles. The zero-order chi connectivity index (χ0) is 14.3. The Morgan fingerprint density at radius 3 is 2.79 bits per heavy atom. The van der Waals surface area contributed by atoms with Gasteiger partial charge in [-0.15, -0.1) is 0 Å². The molecule has 0 aromatic carbocycles. The molecule has 0 bridgehead atoms. The largest absolute Gasteiger partial charge is 0.490 e. The lowest BCUT2D eigenvalue weighted by atomic mass is 10.0. The van der Waals surface area contributed by atoms with Gasteiger partial charge in [0.25, 0.3) is 0 Å². The second-order valence-electron chi connectivity index (χ2n) is 4.59. The average molecular weight is 266 g/mol. The minimum absolute atomic E-state index is 0.0912. The van der Waals surface area contributed by atoms with E-state index in [4.69, 9.17) is 9.47 Å². The van der Waals surface area contributed by atoms with Gasteiger partial charge in [0.05, 0.1) is 13.7 Å². The SMILES string of the molecule is CCCOc1cccnc1NC(C(=O)OC)C(C)C. The maximum absolute atomic E-state index is 11.7. The topological polar surface area (TPSA) is 60.5 Å². The number of aromatic nitrogens is 1. The number of pyridine rings is 1. The van der Waals surface area contributed by atoms with E-state index < -0.39 is 6.04 Å². The van der Waals surface area contributed by atoms with Crippen LogP contribution in [0.25, 0.3) is 0 Å². The van der Waals surface area contributed by atoms with Crippen LogP contribution in [0.5, 0.6) is 5.75 Å². The monoisotopic (exact) mass is 266 g/mol. The molecule has 0 saturated heterocycles. The summed E-state index contributed by atoms with van der Waals surface area (Å²) in [5.74, 6) is 1.01. The first kappa shape index (κ1) is 15.3. The van der Waals surface area contributed by atoms with Crippen molar-refractivity contribution in [3.63, 3.8) is 0 Å². The summed E-state index contributed by atoms with van der Waals surface area (Å²) in [5.41, 5.74) is 0. The van der Waals surface area contributed by atoms with Crippen molar-refractivity contribution in [2.75, 3.05) is 19.0 Å². The van der Waals surface area contributed by atoms with Gasteiger partial charge >= 0.3 is 5.97 Å². The molecule has 0 aliphatic rings. The Hall–Kier alpha value is -1.78. The van der Waals surface area contributed by atoms with E-state index in [1.807, 2.05) is 26.8 Å². The molecule has 5 nitrogen and oxygen atoms in total. The van der Waals surface area contributed by atoms with E-state index in [0.717, 1.165) is 6.42 Å². The van der Waals surface area contributed by atoms with Gasteiger partial charge in [-0.2, -0.15) is 0 Å². The van der Waals surface area contributed by atoms with Crippen LogP contribution in [-0.4, -0.2) is 30.7 Å². The van der Waals surface area contributed by atoms with Crippen molar-refractivity contribution in [1.29, 1.82) is 0 Å². The lowest BCUT2D eigenvalue weighted by Gasteiger charge is -2.21. The minimum Gasteiger partial charge on any atom is -0.490 e. The van der Waals surface area contributed by atoms with Gasteiger partial charge in [-0.3, -0.25) is 0 Å². The fraction of sp³-hybridized carbons (Fsp3) is 0.571. The normalized spacial score (nSPS) is 12.1. The van der Waals surface area contributed by atoms with Crippen LogP contribution in [0.3, 0.4) is 0 Å². The smallest absolute Gasteiger partial charge is 0.328 e. The van der Waals surface area contributed by atoms with Gasteiger partial charge in [0, 0.05) is 6.20 Å². The Bertz CT molecular complexity index is 407. The number of nitrogens with one attached hydrogen (secondary N) is 1. The molecule has 106 valence electrons. The molecule has 1 heterocycles. The summed E-state index contributed by atoms with van der Waals surface area (Å²) in [5, 5.41) is 3.10. The Balaban J connectivity index is 2.86. The zero-order valence-electron chi connectivity index (χ0n) is 12.0. The van der Waals surface area contributed by atoms with Crippen LogP contribution in [0, 0.1) is 5.92 Å². The molecule has 1 aromatic rings. The first-order chi connectivity index (χ1) is 9.10. The van der Waals surface area contributed by atoms with E-state index in [2.05, 4.69) is 10.3 Å². The van der Waals surface area contributed by atoms with Gasteiger partial charge in [-0.25, -0.2) is 9.78 Å². The van der Waals surface area contributed by atoms with Crippen LogP contribution >= 0.6 is 0 Å². The molecule has 1 aromatic heterocycles. The van der Waals surface area contributed by atoms with Crippen LogP contribution < -0.4 is 10.1 Å². The summed E-state index contributed by atoms with van der Waals surface area (Å²) < 4.78 is 10.4. The highest BCUT2D eigenvalue weighted by Gasteiger charge is 2.24. The number of hydrogen-bond acceptors (Lipinski definition) is 5.